The molecule has 2 aromatic rings. The zero-order valence-corrected chi connectivity index (χ0v) is 17.8. The molecule has 2 rings (SSSR count). The van der Waals surface area contributed by atoms with E-state index in [9.17, 15) is 23.7 Å². The third-order valence-electron chi connectivity index (χ3n) is 3.92. The number of alkyl halides is 2. The zero-order chi connectivity index (χ0) is 21.8. The van der Waals surface area contributed by atoms with Gasteiger partial charge in [-0.25, -0.2) is 4.68 Å². The maximum atomic E-state index is 12.9. The number of nitrogens with zero attached hydrogens (tertiary/aromatic N) is 3. The van der Waals surface area contributed by atoms with Crippen LogP contribution in [0, 0.1) is 10.1 Å². The van der Waals surface area contributed by atoms with Crippen LogP contribution in [0.4, 0.5) is 14.5 Å². The van der Waals surface area contributed by atoms with Crippen LogP contribution in [0.25, 0.3) is 11.3 Å². The summed E-state index contributed by atoms with van der Waals surface area (Å²) in [6.07, 6.45) is 1.40. The minimum Gasteiger partial charge on any atom is -0.434 e. The molecule has 0 atom stereocenters. The summed E-state index contributed by atoms with van der Waals surface area (Å²) in [6, 6.07) is 3.03. The summed E-state index contributed by atoms with van der Waals surface area (Å²) in [4.78, 5) is 22.0. The van der Waals surface area contributed by atoms with E-state index in [-0.39, 0.29) is 28.6 Å². The molecule has 1 aromatic carbocycles. The zero-order valence-electron chi connectivity index (χ0n) is 16.0. The third-order valence-corrected chi connectivity index (χ3v) is 5.96. The topological polar surface area (TPSA) is 96.5 Å². The smallest absolute Gasteiger partial charge is 0.387 e. The number of aromatic nitrogens is 2. The van der Waals surface area contributed by atoms with Crippen molar-refractivity contribution < 1.29 is 28.0 Å². The van der Waals surface area contributed by atoms with Crippen molar-refractivity contribution in [2.24, 2.45) is 0 Å². The SMILES string of the molecule is C[Si](C)(C)CCOCn1ncc([N+](=O)[O-])c1-c1cc(C=O)c(Cl)cc1OC(F)F. The fourth-order valence-electron chi connectivity index (χ4n) is 2.45. The van der Waals surface area contributed by atoms with Gasteiger partial charge in [0.2, 0.25) is 0 Å². The highest BCUT2D eigenvalue weighted by atomic mass is 35.5. The van der Waals surface area contributed by atoms with Crippen LogP contribution < -0.4 is 4.74 Å². The summed E-state index contributed by atoms with van der Waals surface area (Å²) in [5, 5.41) is 15.3. The van der Waals surface area contributed by atoms with Gasteiger partial charge in [0.05, 0.1) is 15.5 Å². The average Bonchev–Trinajstić information content (AvgIpc) is 3.01. The van der Waals surface area contributed by atoms with Crippen LogP contribution in [0.1, 0.15) is 10.4 Å². The monoisotopic (exact) mass is 447 g/mol. The Morgan fingerprint density at radius 1 is 1.38 bits per heavy atom. The quantitative estimate of drug-likeness (QED) is 0.170. The third kappa shape index (κ3) is 6.05. The van der Waals surface area contributed by atoms with Crippen molar-refractivity contribution in [3.05, 3.63) is 39.0 Å². The van der Waals surface area contributed by atoms with E-state index in [1.165, 1.54) is 4.68 Å². The molecule has 0 bridgehead atoms. The number of nitro groups is 1. The van der Waals surface area contributed by atoms with Gasteiger partial charge in [-0.15, -0.1) is 0 Å². The van der Waals surface area contributed by atoms with Crippen molar-refractivity contribution in [1.29, 1.82) is 0 Å². The molecule has 8 nitrogen and oxygen atoms in total. The second kappa shape index (κ2) is 9.42. The van der Waals surface area contributed by atoms with E-state index in [4.69, 9.17) is 16.3 Å². The van der Waals surface area contributed by atoms with E-state index < -0.39 is 31.0 Å². The fourth-order valence-corrected chi connectivity index (χ4v) is 3.41. The van der Waals surface area contributed by atoms with Crippen LogP contribution in [0.5, 0.6) is 5.75 Å². The maximum absolute atomic E-state index is 12.9. The molecule has 0 unspecified atom stereocenters. The number of rotatable bonds is 10. The van der Waals surface area contributed by atoms with Gasteiger partial charge in [0.15, 0.2) is 12.0 Å². The van der Waals surface area contributed by atoms with Crippen LogP contribution in [-0.2, 0) is 11.5 Å². The molecule has 12 heteroatoms. The van der Waals surface area contributed by atoms with E-state index in [1.54, 1.807) is 0 Å². The van der Waals surface area contributed by atoms with Crippen LogP contribution in [0.2, 0.25) is 30.7 Å². The summed E-state index contributed by atoms with van der Waals surface area (Å²) >= 11 is 5.90. The normalized spacial score (nSPS) is 11.7. The van der Waals surface area contributed by atoms with Gasteiger partial charge in [0.1, 0.15) is 18.7 Å². The van der Waals surface area contributed by atoms with Crippen molar-refractivity contribution in [2.45, 2.75) is 39.0 Å². The van der Waals surface area contributed by atoms with Crippen molar-refractivity contribution in [2.75, 3.05) is 6.61 Å². The molecule has 0 aliphatic heterocycles. The molecule has 29 heavy (non-hydrogen) atoms. The number of benzene rings is 1. The van der Waals surface area contributed by atoms with Gasteiger partial charge < -0.3 is 9.47 Å². The first-order valence-electron chi connectivity index (χ1n) is 8.55. The number of carbonyl (C=O) groups is 1. The first kappa shape index (κ1) is 22.9. The molecule has 1 heterocycles. The van der Waals surface area contributed by atoms with E-state index in [0.29, 0.717) is 12.9 Å². The molecule has 0 N–H and O–H groups in total. The first-order valence-corrected chi connectivity index (χ1v) is 12.6. The summed E-state index contributed by atoms with van der Waals surface area (Å²) in [5.41, 5.74) is -0.727. The second-order valence-corrected chi connectivity index (χ2v) is 13.4. The maximum Gasteiger partial charge on any atom is 0.387 e. The first-order chi connectivity index (χ1) is 13.5. The summed E-state index contributed by atoms with van der Waals surface area (Å²) < 4.78 is 37.0. The molecule has 0 saturated carbocycles. The molecule has 0 fully saturated rings. The van der Waals surface area contributed by atoms with E-state index in [2.05, 4.69) is 29.5 Å². The molecule has 0 aliphatic rings. The number of carbonyl (C=O) groups excluding carboxylic acids is 1. The Labute approximate surface area is 171 Å². The molecule has 0 saturated heterocycles. The Morgan fingerprint density at radius 3 is 2.62 bits per heavy atom. The molecule has 158 valence electrons. The molecule has 0 amide bonds. The molecule has 0 aliphatic carbocycles. The molecule has 1 aromatic heterocycles. The highest BCUT2D eigenvalue weighted by Gasteiger charge is 2.27. The lowest BCUT2D eigenvalue weighted by atomic mass is 10.1. The Hall–Kier alpha value is -2.37. The minimum absolute atomic E-state index is 0.0371. The van der Waals surface area contributed by atoms with Crippen LogP contribution in [-0.4, -0.2) is 42.3 Å². The number of hydrogen-bond donors (Lipinski definition) is 0. The van der Waals surface area contributed by atoms with E-state index >= 15 is 0 Å². The Balaban J connectivity index is 2.50. The lowest BCUT2D eigenvalue weighted by molar-refractivity contribution is -0.384. The number of aldehydes is 1. The van der Waals surface area contributed by atoms with E-state index in [0.717, 1.165) is 24.4 Å². The molecular weight excluding hydrogens is 428 g/mol. The summed E-state index contributed by atoms with van der Waals surface area (Å²) in [5.74, 6) is -0.414. The van der Waals surface area contributed by atoms with Crippen LogP contribution in [0.15, 0.2) is 18.3 Å². The van der Waals surface area contributed by atoms with Crippen molar-refractivity contribution >= 4 is 31.6 Å². The predicted octanol–water partition coefficient (Wildman–Crippen LogP) is 4.84. The lowest BCUT2D eigenvalue weighted by Gasteiger charge is -2.16. The van der Waals surface area contributed by atoms with Crippen molar-refractivity contribution in [1.82, 2.24) is 9.78 Å². The lowest BCUT2D eigenvalue weighted by Crippen LogP contribution is -2.22. The second-order valence-electron chi connectivity index (χ2n) is 7.35. The van der Waals surface area contributed by atoms with Gasteiger partial charge in [0.25, 0.3) is 0 Å². The van der Waals surface area contributed by atoms with Gasteiger partial charge >= 0.3 is 12.3 Å². The predicted molar refractivity (Wildman–Crippen MR) is 105 cm³/mol. The molecule has 0 spiro atoms. The summed E-state index contributed by atoms with van der Waals surface area (Å²) in [7, 11) is -1.35. The summed E-state index contributed by atoms with van der Waals surface area (Å²) in [6.45, 7) is 3.59. The van der Waals surface area contributed by atoms with Crippen LogP contribution in [0.3, 0.4) is 0 Å². The van der Waals surface area contributed by atoms with Crippen LogP contribution >= 0.6 is 11.6 Å². The Bertz CT molecular complexity index is 902. The van der Waals surface area contributed by atoms with Gasteiger partial charge in [-0.3, -0.25) is 14.9 Å². The van der Waals surface area contributed by atoms with Crippen molar-refractivity contribution in [3.8, 4) is 17.0 Å². The van der Waals surface area contributed by atoms with Crippen molar-refractivity contribution in [3.63, 3.8) is 0 Å². The number of hydrogen-bond acceptors (Lipinski definition) is 6. The Kier molecular flexibility index (Phi) is 7.44. The highest BCUT2D eigenvalue weighted by Crippen LogP contribution is 2.39. The number of halogens is 3. The molecule has 0 radical (unpaired) electrons. The fraction of sp³-hybridized carbons (Fsp3) is 0.412. The van der Waals surface area contributed by atoms with Gasteiger partial charge in [-0.2, -0.15) is 13.9 Å². The standard InChI is InChI=1S/C17H20ClF2N3O5Si/c1-29(2,3)5-4-27-10-22-16(14(8-21-22)23(25)26)12-6-11(9-24)13(18)7-15(12)28-17(19)20/h6-9,17H,4-5,10H2,1-3H3. The van der Waals surface area contributed by atoms with Gasteiger partial charge in [-0.1, -0.05) is 31.2 Å². The Morgan fingerprint density at radius 2 is 2.07 bits per heavy atom. The van der Waals surface area contributed by atoms with E-state index in [1.807, 2.05) is 0 Å². The van der Waals surface area contributed by atoms with Gasteiger partial charge in [-0.05, 0) is 12.1 Å². The highest BCUT2D eigenvalue weighted by molar-refractivity contribution is 6.76. The van der Waals surface area contributed by atoms with Gasteiger partial charge in [0, 0.05) is 26.3 Å². The minimum atomic E-state index is -3.20. The molecular formula is C17H20ClF2N3O5Si. The largest absolute Gasteiger partial charge is 0.434 e. The number of ether oxygens (including phenoxy) is 2. The average molecular weight is 448 g/mol.